The lowest BCUT2D eigenvalue weighted by atomic mass is 10.2. The van der Waals surface area contributed by atoms with Gasteiger partial charge in [0.05, 0.1) is 4.90 Å². The van der Waals surface area contributed by atoms with Gasteiger partial charge in [0, 0.05) is 12.4 Å². The van der Waals surface area contributed by atoms with E-state index in [1.165, 1.54) is 0 Å². The molecule has 96 valence electrons. The minimum Gasteiger partial charge on any atom is -0.396 e. The normalized spacial score (nSPS) is 11.6. The van der Waals surface area contributed by atoms with E-state index in [0.717, 1.165) is 36.5 Å². The van der Waals surface area contributed by atoms with E-state index in [1.54, 1.807) is 30.3 Å². The largest absolute Gasteiger partial charge is 0.396 e. The predicted molar refractivity (Wildman–Crippen MR) is 71.6 cm³/mol. The first-order chi connectivity index (χ1) is 8.17. The number of hydrogen-bond donors (Lipinski definition) is 1. The number of unbranched alkanes of at least 4 members (excludes halogenated alkanes) is 3. The smallest absolute Gasteiger partial charge is 0.229 e. The Labute approximate surface area is 107 Å². The van der Waals surface area contributed by atoms with Crippen molar-refractivity contribution in [3.63, 3.8) is 0 Å². The van der Waals surface area contributed by atoms with Crippen LogP contribution in [0.3, 0.4) is 0 Å². The summed E-state index contributed by atoms with van der Waals surface area (Å²) >= 11 is 0. The highest BCUT2D eigenvalue weighted by molar-refractivity contribution is 8.72. The third-order valence-electron chi connectivity index (χ3n) is 2.32. The van der Waals surface area contributed by atoms with Gasteiger partial charge in [0.1, 0.15) is 0 Å². The van der Waals surface area contributed by atoms with Crippen molar-refractivity contribution in [2.24, 2.45) is 0 Å². The van der Waals surface area contributed by atoms with Gasteiger partial charge in [-0.1, -0.05) is 31.0 Å². The summed E-state index contributed by atoms with van der Waals surface area (Å²) in [5.74, 6) is 0.614. The van der Waals surface area contributed by atoms with Crippen molar-refractivity contribution in [3.05, 3.63) is 30.3 Å². The van der Waals surface area contributed by atoms with Gasteiger partial charge in [-0.25, -0.2) is 8.42 Å². The van der Waals surface area contributed by atoms with Crippen molar-refractivity contribution in [1.82, 2.24) is 0 Å². The zero-order chi connectivity index (χ0) is 12.6. The Balaban J connectivity index is 2.31. The van der Waals surface area contributed by atoms with E-state index in [1.807, 2.05) is 0 Å². The Kier molecular flexibility index (Phi) is 6.62. The van der Waals surface area contributed by atoms with Crippen LogP contribution in [0.2, 0.25) is 0 Å². The van der Waals surface area contributed by atoms with Crippen molar-refractivity contribution < 1.29 is 13.5 Å². The maximum Gasteiger partial charge on any atom is 0.229 e. The maximum atomic E-state index is 11.8. The summed E-state index contributed by atoms with van der Waals surface area (Å²) in [6, 6.07) is 8.50. The molecule has 0 aliphatic rings. The first-order valence-electron chi connectivity index (χ1n) is 5.72. The minimum absolute atomic E-state index is 0.218. The van der Waals surface area contributed by atoms with Crippen LogP contribution in [0, 0.1) is 0 Å². The first-order valence-corrected chi connectivity index (χ1v) is 8.71. The molecule has 0 fully saturated rings. The predicted octanol–water partition coefficient (Wildman–Crippen LogP) is 2.66. The van der Waals surface area contributed by atoms with E-state index in [-0.39, 0.29) is 6.61 Å². The fraction of sp³-hybridized carbons (Fsp3) is 0.500. The summed E-state index contributed by atoms with van der Waals surface area (Å²) < 4.78 is 23.7. The van der Waals surface area contributed by atoms with E-state index in [9.17, 15) is 8.42 Å². The zero-order valence-corrected chi connectivity index (χ0v) is 11.3. The third-order valence-corrected chi connectivity index (χ3v) is 5.95. The van der Waals surface area contributed by atoms with Gasteiger partial charge in [0.2, 0.25) is 8.87 Å². The number of benzene rings is 1. The molecule has 0 atom stereocenters. The number of aliphatic hydroxyl groups is 1. The fourth-order valence-corrected chi connectivity index (χ4v) is 4.31. The highest BCUT2D eigenvalue weighted by Crippen LogP contribution is 2.24. The average Bonchev–Trinajstić information content (AvgIpc) is 2.35. The molecule has 0 radical (unpaired) electrons. The van der Waals surface area contributed by atoms with Crippen molar-refractivity contribution in [1.29, 1.82) is 0 Å². The summed E-state index contributed by atoms with van der Waals surface area (Å²) in [7, 11) is -2.19. The molecular formula is C12H18O3S2. The second-order valence-corrected chi connectivity index (χ2v) is 7.77. The molecule has 0 heterocycles. The number of aliphatic hydroxyl groups excluding tert-OH is 1. The molecule has 0 saturated heterocycles. The van der Waals surface area contributed by atoms with Crippen LogP contribution in [-0.2, 0) is 8.87 Å². The fourth-order valence-electron chi connectivity index (χ4n) is 1.39. The molecule has 0 aliphatic heterocycles. The van der Waals surface area contributed by atoms with Gasteiger partial charge in [-0.15, -0.1) is 0 Å². The van der Waals surface area contributed by atoms with Crippen LogP contribution < -0.4 is 0 Å². The van der Waals surface area contributed by atoms with Gasteiger partial charge in [0.25, 0.3) is 0 Å². The lowest BCUT2D eigenvalue weighted by molar-refractivity contribution is 0.283. The van der Waals surface area contributed by atoms with Gasteiger partial charge < -0.3 is 5.11 Å². The Morgan fingerprint density at radius 3 is 2.29 bits per heavy atom. The molecule has 0 bridgehead atoms. The van der Waals surface area contributed by atoms with Crippen molar-refractivity contribution in [2.75, 3.05) is 12.4 Å². The van der Waals surface area contributed by atoms with E-state index in [4.69, 9.17) is 5.11 Å². The standard InChI is InChI=1S/C12H18O3S2/c13-10-6-1-2-7-11-16-17(14,15)12-8-4-3-5-9-12/h3-5,8-9,13H,1-2,6-7,10-11H2. The maximum absolute atomic E-state index is 11.8. The molecule has 1 aromatic rings. The molecular weight excluding hydrogens is 256 g/mol. The molecule has 0 aliphatic carbocycles. The second kappa shape index (κ2) is 7.74. The molecule has 3 nitrogen and oxygen atoms in total. The lowest BCUT2D eigenvalue weighted by Crippen LogP contribution is -1.96. The number of rotatable bonds is 8. The van der Waals surface area contributed by atoms with Crippen LogP contribution in [0.4, 0.5) is 0 Å². The summed E-state index contributed by atoms with van der Waals surface area (Å²) in [4.78, 5) is 0.375. The Morgan fingerprint density at radius 2 is 1.65 bits per heavy atom. The third kappa shape index (κ3) is 5.57. The summed E-state index contributed by atoms with van der Waals surface area (Å²) in [5, 5.41) is 8.60. The molecule has 1 rings (SSSR count). The monoisotopic (exact) mass is 274 g/mol. The van der Waals surface area contributed by atoms with Gasteiger partial charge in [-0.05, 0) is 35.8 Å². The molecule has 17 heavy (non-hydrogen) atoms. The molecule has 0 aromatic heterocycles. The van der Waals surface area contributed by atoms with Gasteiger partial charge in [0.15, 0.2) is 0 Å². The van der Waals surface area contributed by atoms with E-state index >= 15 is 0 Å². The zero-order valence-electron chi connectivity index (χ0n) is 9.71. The average molecular weight is 274 g/mol. The second-order valence-electron chi connectivity index (χ2n) is 3.73. The van der Waals surface area contributed by atoms with Crippen molar-refractivity contribution >= 4 is 19.7 Å². The minimum atomic E-state index is -3.19. The summed E-state index contributed by atoms with van der Waals surface area (Å²) in [6.07, 6.45) is 3.60. The Morgan fingerprint density at radius 1 is 1.00 bits per heavy atom. The highest BCUT2D eigenvalue weighted by Gasteiger charge is 2.13. The van der Waals surface area contributed by atoms with Crippen LogP contribution in [0.1, 0.15) is 25.7 Å². The molecule has 0 spiro atoms. The quantitative estimate of drug-likeness (QED) is 0.585. The molecule has 1 aromatic carbocycles. The lowest BCUT2D eigenvalue weighted by Gasteiger charge is -2.03. The SMILES string of the molecule is O=S(=O)(SCCCCCCO)c1ccccc1. The molecule has 5 heteroatoms. The molecule has 1 N–H and O–H groups in total. The van der Waals surface area contributed by atoms with Crippen LogP contribution in [0.15, 0.2) is 35.2 Å². The Bertz CT molecular complexity index is 401. The van der Waals surface area contributed by atoms with Crippen molar-refractivity contribution in [3.8, 4) is 0 Å². The van der Waals surface area contributed by atoms with Crippen LogP contribution in [0.5, 0.6) is 0 Å². The van der Waals surface area contributed by atoms with Crippen LogP contribution in [0.25, 0.3) is 0 Å². The summed E-state index contributed by atoms with van der Waals surface area (Å²) in [6.45, 7) is 0.218. The van der Waals surface area contributed by atoms with Crippen LogP contribution >= 0.6 is 10.8 Å². The van der Waals surface area contributed by atoms with Crippen LogP contribution in [-0.4, -0.2) is 25.9 Å². The van der Waals surface area contributed by atoms with Crippen molar-refractivity contribution in [2.45, 2.75) is 30.6 Å². The molecule has 0 amide bonds. The summed E-state index contributed by atoms with van der Waals surface area (Å²) in [5.41, 5.74) is 0. The van der Waals surface area contributed by atoms with E-state index < -0.39 is 8.87 Å². The van der Waals surface area contributed by atoms with E-state index in [2.05, 4.69) is 0 Å². The van der Waals surface area contributed by atoms with Gasteiger partial charge in [-0.3, -0.25) is 0 Å². The Hall–Kier alpha value is -0.520. The van der Waals surface area contributed by atoms with Gasteiger partial charge in [-0.2, -0.15) is 0 Å². The first kappa shape index (κ1) is 14.5. The number of hydrogen-bond acceptors (Lipinski definition) is 4. The highest BCUT2D eigenvalue weighted by atomic mass is 33.1. The molecule has 0 saturated carbocycles. The van der Waals surface area contributed by atoms with Gasteiger partial charge >= 0.3 is 0 Å². The topological polar surface area (TPSA) is 54.4 Å². The van der Waals surface area contributed by atoms with E-state index in [0.29, 0.717) is 10.6 Å². The molecule has 0 unspecified atom stereocenters.